The molecule has 0 aliphatic heterocycles. The fourth-order valence-electron chi connectivity index (χ4n) is 3.44. The largest absolute Gasteiger partial charge is 0.478 e. The van der Waals surface area contributed by atoms with Crippen LogP contribution in [0.3, 0.4) is 0 Å². The van der Waals surface area contributed by atoms with Gasteiger partial charge in [-0.15, -0.1) is 0 Å². The molecular formula is C25H21N3O4. The number of benzene rings is 2. The van der Waals surface area contributed by atoms with Gasteiger partial charge in [0.05, 0.1) is 11.8 Å². The van der Waals surface area contributed by atoms with Crippen LogP contribution in [0.2, 0.25) is 0 Å². The lowest BCUT2D eigenvalue weighted by molar-refractivity contribution is 0.0696. The van der Waals surface area contributed by atoms with Crippen LogP contribution in [0.5, 0.6) is 0 Å². The van der Waals surface area contributed by atoms with Crippen molar-refractivity contribution in [3.05, 3.63) is 101 Å². The van der Waals surface area contributed by atoms with Crippen LogP contribution in [0.4, 0.5) is 0 Å². The lowest BCUT2D eigenvalue weighted by Crippen LogP contribution is -2.17. The number of aromatic nitrogens is 1. The van der Waals surface area contributed by atoms with E-state index < -0.39 is 5.97 Å². The molecule has 1 amide bonds. The summed E-state index contributed by atoms with van der Waals surface area (Å²) in [6, 6.07) is 21.2. The number of rotatable bonds is 6. The third kappa shape index (κ3) is 4.37. The van der Waals surface area contributed by atoms with Gasteiger partial charge in [-0.3, -0.25) is 4.79 Å². The van der Waals surface area contributed by atoms with Crippen LogP contribution < -0.4 is 5.43 Å². The molecule has 0 radical (unpaired) electrons. The summed E-state index contributed by atoms with van der Waals surface area (Å²) in [5.41, 5.74) is 7.04. The first kappa shape index (κ1) is 20.9. The molecule has 0 spiro atoms. The molecule has 7 nitrogen and oxygen atoms in total. The van der Waals surface area contributed by atoms with Crippen LogP contribution in [0.25, 0.3) is 17.0 Å². The van der Waals surface area contributed by atoms with Gasteiger partial charge in [-0.25, -0.2) is 10.2 Å². The van der Waals surface area contributed by atoms with Crippen LogP contribution in [0.15, 0.2) is 82.3 Å². The van der Waals surface area contributed by atoms with Gasteiger partial charge >= 0.3 is 5.97 Å². The summed E-state index contributed by atoms with van der Waals surface area (Å²) in [7, 11) is 0. The van der Waals surface area contributed by atoms with E-state index in [4.69, 9.17) is 9.52 Å². The van der Waals surface area contributed by atoms with Crippen molar-refractivity contribution in [1.82, 2.24) is 9.99 Å². The molecule has 0 unspecified atom stereocenters. The summed E-state index contributed by atoms with van der Waals surface area (Å²) in [5.74, 6) is -0.292. The van der Waals surface area contributed by atoms with Gasteiger partial charge in [0, 0.05) is 28.2 Å². The maximum absolute atomic E-state index is 12.5. The smallest absolute Gasteiger partial charge is 0.335 e. The number of hydrazone groups is 1. The molecule has 160 valence electrons. The average molecular weight is 427 g/mol. The molecular weight excluding hydrogens is 406 g/mol. The van der Waals surface area contributed by atoms with Crippen molar-refractivity contribution in [2.75, 3.05) is 0 Å². The van der Waals surface area contributed by atoms with Crippen molar-refractivity contribution >= 4 is 18.1 Å². The highest BCUT2D eigenvalue weighted by atomic mass is 16.4. The van der Waals surface area contributed by atoms with E-state index in [1.807, 2.05) is 44.2 Å². The number of nitrogens with one attached hydrogen (secondary N) is 1. The van der Waals surface area contributed by atoms with Crippen LogP contribution in [0.1, 0.15) is 37.9 Å². The minimum absolute atomic E-state index is 0.205. The number of carboxylic acid groups (broad SMARTS) is 1. The van der Waals surface area contributed by atoms with Crippen molar-refractivity contribution in [3.63, 3.8) is 0 Å². The third-order valence-corrected chi connectivity index (χ3v) is 5.04. The quantitative estimate of drug-likeness (QED) is 0.341. The molecule has 4 rings (SSSR count). The average Bonchev–Trinajstić information content (AvgIpc) is 3.40. The molecule has 32 heavy (non-hydrogen) atoms. The molecule has 0 saturated carbocycles. The van der Waals surface area contributed by atoms with Gasteiger partial charge in [-0.2, -0.15) is 5.10 Å². The maximum Gasteiger partial charge on any atom is 0.335 e. The van der Waals surface area contributed by atoms with E-state index in [-0.39, 0.29) is 11.5 Å². The molecule has 4 aromatic rings. The molecule has 2 aromatic heterocycles. The van der Waals surface area contributed by atoms with E-state index in [0.29, 0.717) is 17.1 Å². The number of furan rings is 1. The summed E-state index contributed by atoms with van der Waals surface area (Å²) in [6.45, 7) is 4.03. The SMILES string of the molecule is Cc1ccc(C)n1-c1cccc(C(=O)N/N=C/c2ccc(-c3ccc(C(=O)O)cc3)o2)c1. The highest BCUT2D eigenvalue weighted by molar-refractivity contribution is 5.95. The van der Waals surface area contributed by atoms with Gasteiger partial charge in [0.2, 0.25) is 0 Å². The summed E-state index contributed by atoms with van der Waals surface area (Å²) in [6.07, 6.45) is 1.41. The minimum Gasteiger partial charge on any atom is -0.478 e. The second kappa shape index (κ2) is 8.77. The Labute approximate surface area is 184 Å². The topological polar surface area (TPSA) is 96.8 Å². The Hall–Kier alpha value is -4.39. The lowest BCUT2D eigenvalue weighted by atomic mass is 10.1. The maximum atomic E-state index is 12.5. The van der Waals surface area contributed by atoms with E-state index in [0.717, 1.165) is 22.6 Å². The summed E-state index contributed by atoms with van der Waals surface area (Å²) in [4.78, 5) is 23.5. The lowest BCUT2D eigenvalue weighted by Gasteiger charge is -2.10. The van der Waals surface area contributed by atoms with Crippen molar-refractivity contribution in [2.24, 2.45) is 5.10 Å². The number of hydrogen-bond acceptors (Lipinski definition) is 4. The molecule has 0 fully saturated rings. The second-order valence-corrected chi connectivity index (χ2v) is 7.29. The Kier molecular flexibility index (Phi) is 5.72. The number of aromatic carboxylic acids is 1. The van der Waals surface area contributed by atoms with Gasteiger partial charge in [-0.05, 0) is 68.4 Å². The van der Waals surface area contributed by atoms with Crippen molar-refractivity contribution in [2.45, 2.75) is 13.8 Å². The first-order valence-electron chi connectivity index (χ1n) is 9.95. The fourth-order valence-corrected chi connectivity index (χ4v) is 3.44. The van der Waals surface area contributed by atoms with Crippen LogP contribution in [-0.4, -0.2) is 27.8 Å². The standard InChI is InChI=1S/C25H21N3O4/c1-16-6-7-17(2)28(16)21-5-3-4-20(14-21)24(29)27-26-15-22-12-13-23(32-22)18-8-10-19(11-9-18)25(30)31/h3-15H,1-2H3,(H,27,29)(H,30,31)/b26-15+. The van der Waals surface area contributed by atoms with E-state index in [9.17, 15) is 9.59 Å². The number of carbonyl (C=O) groups excluding carboxylic acids is 1. The van der Waals surface area contributed by atoms with Crippen LogP contribution in [0, 0.1) is 13.8 Å². The highest BCUT2D eigenvalue weighted by Gasteiger charge is 2.09. The number of hydrogen-bond donors (Lipinski definition) is 2. The highest BCUT2D eigenvalue weighted by Crippen LogP contribution is 2.22. The zero-order valence-electron chi connectivity index (χ0n) is 17.6. The first-order valence-corrected chi connectivity index (χ1v) is 9.95. The Morgan fingerprint density at radius 1 is 0.938 bits per heavy atom. The Morgan fingerprint density at radius 2 is 1.66 bits per heavy atom. The predicted molar refractivity (Wildman–Crippen MR) is 121 cm³/mol. The third-order valence-electron chi connectivity index (χ3n) is 5.04. The van der Waals surface area contributed by atoms with Crippen LogP contribution in [-0.2, 0) is 0 Å². The molecule has 0 aliphatic carbocycles. The van der Waals surface area contributed by atoms with E-state index in [1.165, 1.54) is 18.3 Å². The van der Waals surface area contributed by atoms with Gasteiger partial charge in [-0.1, -0.05) is 18.2 Å². The monoisotopic (exact) mass is 427 g/mol. The van der Waals surface area contributed by atoms with Gasteiger partial charge in [0.25, 0.3) is 5.91 Å². The molecule has 0 bridgehead atoms. The number of aryl methyl sites for hydroxylation is 2. The van der Waals surface area contributed by atoms with Gasteiger partial charge in [0.15, 0.2) is 0 Å². The molecule has 2 heterocycles. The first-order chi connectivity index (χ1) is 15.4. The number of amides is 1. The van der Waals surface area contributed by atoms with Crippen molar-refractivity contribution in [3.8, 4) is 17.0 Å². The van der Waals surface area contributed by atoms with Crippen LogP contribution >= 0.6 is 0 Å². The summed E-state index contributed by atoms with van der Waals surface area (Å²) in [5, 5.41) is 13.0. The fraction of sp³-hybridized carbons (Fsp3) is 0.0800. The molecule has 0 aliphatic rings. The normalized spacial score (nSPS) is 11.1. The zero-order chi connectivity index (χ0) is 22.7. The number of carbonyl (C=O) groups is 2. The van der Waals surface area contributed by atoms with Gasteiger partial charge < -0.3 is 14.1 Å². The van der Waals surface area contributed by atoms with Crippen molar-refractivity contribution in [1.29, 1.82) is 0 Å². The van der Waals surface area contributed by atoms with E-state index in [2.05, 4.69) is 15.1 Å². The Morgan fingerprint density at radius 3 is 2.34 bits per heavy atom. The molecule has 0 saturated heterocycles. The molecule has 2 aromatic carbocycles. The number of carboxylic acids is 1. The summed E-state index contributed by atoms with van der Waals surface area (Å²) < 4.78 is 7.78. The van der Waals surface area contributed by atoms with Gasteiger partial charge in [0.1, 0.15) is 11.5 Å². The molecule has 0 atom stereocenters. The predicted octanol–water partition coefficient (Wildman–Crippen LogP) is 4.82. The van der Waals surface area contributed by atoms with E-state index >= 15 is 0 Å². The number of nitrogens with zero attached hydrogens (tertiary/aromatic N) is 2. The Balaban J connectivity index is 1.43. The second-order valence-electron chi connectivity index (χ2n) is 7.29. The molecule has 2 N–H and O–H groups in total. The summed E-state index contributed by atoms with van der Waals surface area (Å²) >= 11 is 0. The minimum atomic E-state index is -0.983. The zero-order valence-corrected chi connectivity index (χ0v) is 17.6. The Bertz CT molecular complexity index is 1290. The van der Waals surface area contributed by atoms with E-state index in [1.54, 1.807) is 30.3 Å². The van der Waals surface area contributed by atoms with Crippen molar-refractivity contribution < 1.29 is 19.1 Å². The molecule has 7 heteroatoms.